The van der Waals surface area contributed by atoms with Gasteiger partial charge >= 0.3 is 0 Å². The van der Waals surface area contributed by atoms with E-state index in [2.05, 4.69) is 65.9 Å². The summed E-state index contributed by atoms with van der Waals surface area (Å²) >= 11 is 1.76. The van der Waals surface area contributed by atoms with Crippen LogP contribution >= 0.6 is 11.8 Å². The van der Waals surface area contributed by atoms with Crippen molar-refractivity contribution in [3.05, 3.63) is 71.9 Å². The minimum absolute atomic E-state index is 0.984. The smallest absolute Gasteiger partial charge is 0.0709 e. The third kappa shape index (κ3) is 2.91. The monoisotopic (exact) mass is 277 g/mol. The number of benzene rings is 2. The van der Waals surface area contributed by atoms with Crippen LogP contribution in [0.3, 0.4) is 0 Å². The van der Waals surface area contributed by atoms with Crippen LogP contribution in [0, 0.1) is 0 Å². The molecular weight excluding hydrogens is 262 g/mol. The molecule has 1 heterocycles. The van der Waals surface area contributed by atoms with Crippen molar-refractivity contribution in [3.8, 4) is 0 Å². The predicted octanol–water partition coefficient (Wildman–Crippen LogP) is 5.13. The van der Waals surface area contributed by atoms with Gasteiger partial charge in [-0.05, 0) is 42.2 Å². The molecule has 0 fully saturated rings. The van der Waals surface area contributed by atoms with Crippen LogP contribution in [0.25, 0.3) is 23.1 Å². The van der Waals surface area contributed by atoms with Gasteiger partial charge in [-0.3, -0.25) is 0 Å². The molecule has 1 nitrogen and oxygen atoms in total. The molecule has 0 atom stereocenters. The highest BCUT2D eigenvalue weighted by Gasteiger charge is 1.95. The number of nitrogens with zero attached hydrogens (tertiary/aromatic N) is 1. The Kier molecular flexibility index (Phi) is 3.84. The standard InChI is InChI=1S/C18H15NS/c1-20-17-12-7-14(8-13-17)6-10-16-11-9-15-4-2-3-5-18(15)19-16/h2-13H,1H3. The summed E-state index contributed by atoms with van der Waals surface area (Å²) in [6.45, 7) is 0. The van der Waals surface area contributed by atoms with E-state index in [9.17, 15) is 0 Å². The highest BCUT2D eigenvalue weighted by Crippen LogP contribution is 2.17. The molecule has 3 aromatic rings. The fourth-order valence-electron chi connectivity index (χ4n) is 2.07. The highest BCUT2D eigenvalue weighted by molar-refractivity contribution is 7.98. The van der Waals surface area contributed by atoms with Crippen LogP contribution in [0.15, 0.2) is 65.6 Å². The summed E-state index contributed by atoms with van der Waals surface area (Å²) in [5, 5.41) is 1.17. The Morgan fingerprint density at radius 2 is 1.65 bits per heavy atom. The molecule has 0 aliphatic carbocycles. The van der Waals surface area contributed by atoms with Crippen LogP contribution in [0.5, 0.6) is 0 Å². The lowest BCUT2D eigenvalue weighted by molar-refractivity contribution is 1.37. The molecule has 0 saturated heterocycles. The average Bonchev–Trinajstić information content (AvgIpc) is 2.53. The number of para-hydroxylation sites is 1. The molecule has 0 bridgehead atoms. The zero-order valence-corrected chi connectivity index (χ0v) is 12.1. The molecule has 0 spiro atoms. The van der Waals surface area contributed by atoms with Gasteiger partial charge in [0, 0.05) is 10.3 Å². The first-order valence-electron chi connectivity index (χ1n) is 6.53. The van der Waals surface area contributed by atoms with Gasteiger partial charge in [0.2, 0.25) is 0 Å². The summed E-state index contributed by atoms with van der Waals surface area (Å²) in [5.41, 5.74) is 3.21. The molecule has 3 rings (SSSR count). The van der Waals surface area contributed by atoms with E-state index in [-0.39, 0.29) is 0 Å². The Morgan fingerprint density at radius 1 is 0.850 bits per heavy atom. The third-order valence-corrected chi connectivity index (χ3v) is 3.93. The first-order valence-corrected chi connectivity index (χ1v) is 7.75. The van der Waals surface area contributed by atoms with Crippen molar-refractivity contribution in [3.63, 3.8) is 0 Å². The molecule has 0 radical (unpaired) electrons. The zero-order valence-electron chi connectivity index (χ0n) is 11.3. The van der Waals surface area contributed by atoms with Gasteiger partial charge in [-0.2, -0.15) is 0 Å². The highest BCUT2D eigenvalue weighted by atomic mass is 32.2. The van der Waals surface area contributed by atoms with Crippen molar-refractivity contribution in [2.45, 2.75) is 4.90 Å². The molecule has 98 valence electrons. The Labute approximate surface area is 123 Å². The molecule has 0 aliphatic heterocycles. The molecule has 0 N–H and O–H groups in total. The molecule has 0 aliphatic rings. The number of pyridine rings is 1. The summed E-state index contributed by atoms with van der Waals surface area (Å²) in [7, 11) is 0. The van der Waals surface area contributed by atoms with Gasteiger partial charge in [0.1, 0.15) is 0 Å². The molecular formula is C18H15NS. The van der Waals surface area contributed by atoms with Gasteiger partial charge in [-0.15, -0.1) is 11.8 Å². The van der Waals surface area contributed by atoms with Crippen LogP contribution in [0.1, 0.15) is 11.3 Å². The Bertz CT molecular complexity index is 745. The summed E-state index contributed by atoms with van der Waals surface area (Å²) < 4.78 is 0. The van der Waals surface area contributed by atoms with Gasteiger partial charge in [0.15, 0.2) is 0 Å². The van der Waals surface area contributed by atoms with Gasteiger partial charge < -0.3 is 0 Å². The van der Waals surface area contributed by atoms with Crippen molar-refractivity contribution in [1.82, 2.24) is 4.98 Å². The van der Waals surface area contributed by atoms with Crippen molar-refractivity contribution in [2.24, 2.45) is 0 Å². The predicted molar refractivity (Wildman–Crippen MR) is 88.9 cm³/mol. The van der Waals surface area contributed by atoms with Crippen LogP contribution in [0.4, 0.5) is 0 Å². The van der Waals surface area contributed by atoms with Crippen LogP contribution in [-0.2, 0) is 0 Å². The molecule has 20 heavy (non-hydrogen) atoms. The van der Waals surface area contributed by atoms with Gasteiger partial charge in [0.05, 0.1) is 11.2 Å². The minimum Gasteiger partial charge on any atom is -0.248 e. The average molecular weight is 277 g/mol. The first kappa shape index (κ1) is 12.9. The molecule has 0 unspecified atom stereocenters. The fraction of sp³-hybridized carbons (Fsp3) is 0.0556. The quantitative estimate of drug-likeness (QED) is 0.616. The summed E-state index contributed by atoms with van der Waals surface area (Å²) in [4.78, 5) is 5.92. The van der Waals surface area contributed by atoms with Gasteiger partial charge in [-0.1, -0.05) is 42.5 Å². The fourth-order valence-corrected chi connectivity index (χ4v) is 2.48. The summed E-state index contributed by atoms with van der Waals surface area (Å²) in [5.74, 6) is 0. The SMILES string of the molecule is CSc1ccc(C=Cc2ccc3ccccc3n2)cc1. The third-order valence-electron chi connectivity index (χ3n) is 3.18. The van der Waals surface area contributed by atoms with E-state index < -0.39 is 0 Å². The maximum atomic E-state index is 4.63. The second kappa shape index (κ2) is 5.93. The van der Waals surface area contributed by atoms with Gasteiger partial charge in [0.25, 0.3) is 0 Å². The first-order chi connectivity index (χ1) is 9.85. The molecule has 2 heteroatoms. The molecule has 0 amide bonds. The Hall–Kier alpha value is -2.06. The Balaban J connectivity index is 1.85. The minimum atomic E-state index is 0.984. The van der Waals surface area contributed by atoms with E-state index in [1.165, 1.54) is 15.8 Å². The van der Waals surface area contributed by atoms with Crippen LogP contribution in [0.2, 0.25) is 0 Å². The molecule has 0 saturated carbocycles. The number of thioether (sulfide) groups is 1. The lowest BCUT2D eigenvalue weighted by Crippen LogP contribution is -1.82. The number of hydrogen-bond acceptors (Lipinski definition) is 2. The maximum absolute atomic E-state index is 4.63. The van der Waals surface area contributed by atoms with Crippen LogP contribution < -0.4 is 0 Å². The lowest BCUT2D eigenvalue weighted by Gasteiger charge is -1.99. The zero-order chi connectivity index (χ0) is 13.8. The van der Waals surface area contributed by atoms with E-state index in [0.717, 1.165) is 11.2 Å². The van der Waals surface area contributed by atoms with E-state index in [1.54, 1.807) is 11.8 Å². The van der Waals surface area contributed by atoms with Crippen molar-refractivity contribution < 1.29 is 0 Å². The number of fused-ring (bicyclic) bond motifs is 1. The van der Waals surface area contributed by atoms with E-state index in [1.807, 2.05) is 18.2 Å². The molecule has 1 aromatic heterocycles. The van der Waals surface area contributed by atoms with Gasteiger partial charge in [-0.25, -0.2) is 4.98 Å². The van der Waals surface area contributed by atoms with Crippen molar-refractivity contribution in [1.29, 1.82) is 0 Å². The van der Waals surface area contributed by atoms with Crippen molar-refractivity contribution in [2.75, 3.05) is 6.26 Å². The number of rotatable bonds is 3. The summed E-state index contributed by atoms with van der Waals surface area (Å²) in [6, 6.07) is 20.9. The Morgan fingerprint density at radius 3 is 2.45 bits per heavy atom. The van der Waals surface area contributed by atoms with E-state index in [0.29, 0.717) is 0 Å². The normalized spacial score (nSPS) is 11.2. The lowest BCUT2D eigenvalue weighted by atomic mass is 10.1. The largest absolute Gasteiger partial charge is 0.248 e. The second-order valence-electron chi connectivity index (χ2n) is 4.54. The van der Waals surface area contributed by atoms with E-state index in [4.69, 9.17) is 0 Å². The topological polar surface area (TPSA) is 12.9 Å². The summed E-state index contributed by atoms with van der Waals surface area (Å²) in [6.07, 6.45) is 6.24. The van der Waals surface area contributed by atoms with E-state index >= 15 is 0 Å². The maximum Gasteiger partial charge on any atom is 0.0709 e. The number of aromatic nitrogens is 1. The van der Waals surface area contributed by atoms with Crippen molar-refractivity contribution >= 4 is 34.8 Å². The molecule has 2 aromatic carbocycles. The van der Waals surface area contributed by atoms with Crippen LogP contribution in [-0.4, -0.2) is 11.2 Å². The number of hydrogen-bond donors (Lipinski definition) is 0. The second-order valence-corrected chi connectivity index (χ2v) is 5.41.